The van der Waals surface area contributed by atoms with E-state index >= 15 is 0 Å². The van der Waals surface area contributed by atoms with Crippen molar-refractivity contribution >= 4 is 33.0 Å². The van der Waals surface area contributed by atoms with E-state index in [0.717, 1.165) is 14.9 Å². The van der Waals surface area contributed by atoms with Crippen LogP contribution in [0.15, 0.2) is 34.1 Å². The van der Waals surface area contributed by atoms with Crippen molar-refractivity contribution < 1.29 is 14.3 Å². The Morgan fingerprint density at radius 1 is 1.30 bits per heavy atom. The van der Waals surface area contributed by atoms with Gasteiger partial charge in [0.2, 0.25) is 5.78 Å². The van der Waals surface area contributed by atoms with E-state index in [1.165, 1.54) is 11.3 Å². The zero-order valence-electron chi connectivity index (χ0n) is 11.3. The van der Waals surface area contributed by atoms with Gasteiger partial charge in [0.1, 0.15) is 12.4 Å². The van der Waals surface area contributed by atoms with Crippen molar-refractivity contribution in [1.82, 2.24) is 0 Å². The van der Waals surface area contributed by atoms with E-state index in [-0.39, 0.29) is 5.78 Å². The van der Waals surface area contributed by atoms with E-state index in [9.17, 15) is 4.79 Å². The van der Waals surface area contributed by atoms with Crippen molar-refractivity contribution in [2.45, 2.75) is 6.92 Å². The van der Waals surface area contributed by atoms with Crippen LogP contribution in [0, 0.1) is 6.92 Å². The number of rotatable bonds is 6. The van der Waals surface area contributed by atoms with Crippen LogP contribution in [-0.2, 0) is 4.74 Å². The highest BCUT2D eigenvalue weighted by Gasteiger charge is 2.14. The van der Waals surface area contributed by atoms with E-state index in [1.54, 1.807) is 25.3 Å². The highest BCUT2D eigenvalue weighted by Crippen LogP contribution is 2.28. The molecule has 0 unspecified atom stereocenters. The summed E-state index contributed by atoms with van der Waals surface area (Å²) in [5, 5.41) is 1.93. The van der Waals surface area contributed by atoms with Crippen LogP contribution >= 0.6 is 27.3 Å². The number of ether oxygens (including phenoxy) is 2. The Kier molecular flexibility index (Phi) is 5.34. The zero-order chi connectivity index (χ0) is 14.5. The van der Waals surface area contributed by atoms with Crippen LogP contribution in [0.4, 0.5) is 0 Å². The lowest BCUT2D eigenvalue weighted by molar-refractivity contribution is 0.104. The fourth-order valence-electron chi connectivity index (χ4n) is 1.73. The van der Waals surface area contributed by atoms with Gasteiger partial charge in [-0.3, -0.25) is 4.79 Å². The molecule has 2 aromatic rings. The van der Waals surface area contributed by atoms with Crippen molar-refractivity contribution in [2.24, 2.45) is 0 Å². The Labute approximate surface area is 130 Å². The quantitative estimate of drug-likeness (QED) is 0.579. The third-order valence-corrected chi connectivity index (χ3v) is 4.44. The second-order valence-corrected chi connectivity index (χ2v) is 6.02. The Balaban J connectivity index is 2.16. The van der Waals surface area contributed by atoms with Gasteiger partial charge in [0, 0.05) is 12.7 Å². The molecule has 20 heavy (non-hydrogen) atoms. The predicted molar refractivity (Wildman–Crippen MR) is 84.0 cm³/mol. The molecule has 5 heteroatoms. The summed E-state index contributed by atoms with van der Waals surface area (Å²) in [6, 6.07) is 7.34. The molecule has 2 rings (SSSR count). The first kappa shape index (κ1) is 15.2. The van der Waals surface area contributed by atoms with Crippen LogP contribution in [0.1, 0.15) is 20.8 Å². The highest BCUT2D eigenvalue weighted by molar-refractivity contribution is 9.10. The number of benzene rings is 1. The molecule has 1 heterocycles. The molecule has 0 radical (unpaired) electrons. The second kappa shape index (κ2) is 7.02. The molecule has 0 saturated carbocycles. The largest absolute Gasteiger partial charge is 0.490 e. The maximum absolute atomic E-state index is 12.4. The molecule has 0 amide bonds. The number of methoxy groups -OCH3 is 1. The van der Waals surface area contributed by atoms with Gasteiger partial charge in [-0.15, -0.1) is 11.3 Å². The molecule has 0 atom stereocenters. The van der Waals surface area contributed by atoms with Crippen molar-refractivity contribution in [1.29, 1.82) is 0 Å². The standard InChI is InChI=1S/C15H15BrO3S/c1-10-5-8-20-15(10)14(17)11-3-4-13(12(16)9-11)19-7-6-18-2/h3-5,8-9H,6-7H2,1-2H3. The molecule has 1 aromatic heterocycles. The molecule has 0 fully saturated rings. The first-order valence-electron chi connectivity index (χ1n) is 6.13. The van der Waals surface area contributed by atoms with Crippen molar-refractivity contribution in [3.8, 4) is 5.75 Å². The minimum absolute atomic E-state index is 0.0432. The average molecular weight is 355 g/mol. The number of aryl methyl sites for hydroxylation is 1. The molecule has 0 aliphatic heterocycles. The molecule has 0 spiro atoms. The molecular weight excluding hydrogens is 340 g/mol. The average Bonchev–Trinajstić information content (AvgIpc) is 2.86. The van der Waals surface area contributed by atoms with Gasteiger partial charge < -0.3 is 9.47 Å². The Morgan fingerprint density at radius 3 is 2.70 bits per heavy atom. The molecule has 1 aromatic carbocycles. The lowest BCUT2D eigenvalue weighted by atomic mass is 10.1. The fourth-order valence-corrected chi connectivity index (χ4v) is 3.11. The number of halogens is 1. The summed E-state index contributed by atoms with van der Waals surface area (Å²) in [4.78, 5) is 13.2. The molecule has 0 bridgehead atoms. The van der Waals surface area contributed by atoms with E-state index in [1.807, 2.05) is 18.4 Å². The number of hydrogen-bond donors (Lipinski definition) is 0. The number of carbonyl (C=O) groups is 1. The topological polar surface area (TPSA) is 35.5 Å². The number of ketones is 1. The van der Waals surface area contributed by atoms with Crippen LogP contribution in [0.2, 0.25) is 0 Å². The normalized spacial score (nSPS) is 10.6. The van der Waals surface area contributed by atoms with Crippen molar-refractivity contribution in [3.05, 3.63) is 50.1 Å². The van der Waals surface area contributed by atoms with Crippen LogP contribution in [0.3, 0.4) is 0 Å². The van der Waals surface area contributed by atoms with Gasteiger partial charge in [-0.05, 0) is 58.1 Å². The maximum Gasteiger partial charge on any atom is 0.203 e. The molecular formula is C15H15BrO3S. The molecule has 0 aliphatic carbocycles. The lowest BCUT2D eigenvalue weighted by Crippen LogP contribution is -2.05. The van der Waals surface area contributed by atoms with Crippen LogP contribution < -0.4 is 4.74 Å². The summed E-state index contributed by atoms with van der Waals surface area (Å²) in [7, 11) is 1.63. The molecule has 106 valence electrons. The van der Waals surface area contributed by atoms with Crippen molar-refractivity contribution in [3.63, 3.8) is 0 Å². The molecule has 0 aliphatic rings. The number of thiophene rings is 1. The SMILES string of the molecule is COCCOc1ccc(C(=O)c2sccc2C)cc1Br. The molecule has 0 N–H and O–H groups in total. The summed E-state index contributed by atoms with van der Waals surface area (Å²) in [6.45, 7) is 2.95. The highest BCUT2D eigenvalue weighted by atomic mass is 79.9. The van der Waals surface area contributed by atoms with Gasteiger partial charge in [0.25, 0.3) is 0 Å². The predicted octanol–water partition coefficient (Wildman–Crippen LogP) is 4.08. The van der Waals surface area contributed by atoms with Crippen LogP contribution in [0.25, 0.3) is 0 Å². The van der Waals surface area contributed by atoms with Crippen LogP contribution in [-0.4, -0.2) is 26.1 Å². The Morgan fingerprint density at radius 2 is 2.10 bits per heavy atom. The smallest absolute Gasteiger partial charge is 0.203 e. The fraction of sp³-hybridized carbons (Fsp3) is 0.267. The summed E-state index contributed by atoms with van der Waals surface area (Å²) >= 11 is 4.90. The van der Waals surface area contributed by atoms with Crippen LogP contribution in [0.5, 0.6) is 5.75 Å². The van der Waals surface area contributed by atoms with E-state index in [4.69, 9.17) is 9.47 Å². The Bertz CT molecular complexity index is 607. The van der Waals surface area contributed by atoms with Gasteiger partial charge in [-0.2, -0.15) is 0 Å². The first-order chi connectivity index (χ1) is 9.63. The maximum atomic E-state index is 12.4. The molecule has 3 nitrogen and oxygen atoms in total. The second-order valence-electron chi connectivity index (χ2n) is 4.25. The van der Waals surface area contributed by atoms with Gasteiger partial charge >= 0.3 is 0 Å². The minimum atomic E-state index is 0.0432. The first-order valence-corrected chi connectivity index (χ1v) is 7.81. The number of carbonyl (C=O) groups excluding carboxylic acids is 1. The third-order valence-electron chi connectivity index (χ3n) is 2.81. The summed E-state index contributed by atoms with van der Waals surface area (Å²) in [5.41, 5.74) is 1.66. The Hall–Kier alpha value is -1.17. The van der Waals surface area contributed by atoms with Gasteiger partial charge in [0.05, 0.1) is 16.0 Å². The minimum Gasteiger partial charge on any atom is -0.490 e. The summed E-state index contributed by atoms with van der Waals surface area (Å²) in [6.07, 6.45) is 0. The third kappa shape index (κ3) is 3.48. The van der Waals surface area contributed by atoms with E-state index < -0.39 is 0 Å². The molecule has 0 saturated heterocycles. The van der Waals surface area contributed by atoms with Gasteiger partial charge in [-0.1, -0.05) is 0 Å². The lowest BCUT2D eigenvalue weighted by Gasteiger charge is -2.09. The summed E-state index contributed by atoms with van der Waals surface area (Å²) < 4.78 is 11.3. The van der Waals surface area contributed by atoms with Gasteiger partial charge in [0.15, 0.2) is 0 Å². The summed E-state index contributed by atoms with van der Waals surface area (Å²) in [5.74, 6) is 0.753. The monoisotopic (exact) mass is 354 g/mol. The van der Waals surface area contributed by atoms with E-state index in [2.05, 4.69) is 15.9 Å². The van der Waals surface area contributed by atoms with Gasteiger partial charge in [-0.25, -0.2) is 0 Å². The van der Waals surface area contributed by atoms with E-state index in [0.29, 0.717) is 24.5 Å². The zero-order valence-corrected chi connectivity index (χ0v) is 13.7. The van der Waals surface area contributed by atoms with Crippen molar-refractivity contribution in [2.75, 3.05) is 20.3 Å². The number of hydrogen-bond acceptors (Lipinski definition) is 4.